The van der Waals surface area contributed by atoms with Crippen molar-refractivity contribution in [1.82, 2.24) is 15.0 Å². The Balaban J connectivity index is 1.71. The molecule has 0 aliphatic rings. The number of anilines is 1. The molecule has 32 heavy (non-hydrogen) atoms. The molecule has 0 fully saturated rings. The van der Waals surface area contributed by atoms with Gasteiger partial charge in [-0.2, -0.15) is 0 Å². The van der Waals surface area contributed by atoms with Crippen LogP contribution in [-0.4, -0.2) is 15.6 Å². The second-order valence-corrected chi connectivity index (χ2v) is 8.04. The molecule has 1 amide bonds. The highest BCUT2D eigenvalue weighted by Gasteiger charge is 2.14. The van der Waals surface area contributed by atoms with Gasteiger partial charge in [0.2, 0.25) is 5.91 Å². The van der Waals surface area contributed by atoms with Gasteiger partial charge in [-0.15, -0.1) is 0 Å². The summed E-state index contributed by atoms with van der Waals surface area (Å²) in [5, 5.41) is 3.24. The number of nitrogens with zero attached hydrogens (tertiary/aromatic N) is 2. The summed E-state index contributed by atoms with van der Waals surface area (Å²) in [6.07, 6.45) is 1.47. The number of aromatic nitrogens is 2. The fraction of sp³-hybridized carbons (Fsp3) is 0.261. The van der Waals surface area contributed by atoms with E-state index in [-0.39, 0.29) is 31.0 Å². The van der Waals surface area contributed by atoms with Crippen molar-refractivity contribution in [2.45, 2.75) is 40.3 Å². The van der Waals surface area contributed by atoms with Gasteiger partial charge in [-0.3, -0.25) is 9.59 Å². The molecule has 2 heterocycles. The third kappa shape index (κ3) is 5.45. The average molecular weight is 458 g/mol. The quantitative estimate of drug-likeness (QED) is 0.506. The van der Waals surface area contributed by atoms with E-state index < -0.39 is 5.82 Å². The number of hydrogen-bond acceptors (Lipinski definition) is 5. The first-order valence-electron chi connectivity index (χ1n) is 10.0. The summed E-state index contributed by atoms with van der Waals surface area (Å²) in [5.74, 6) is -0.287. The lowest BCUT2D eigenvalue weighted by Gasteiger charge is -2.14. The number of nitrogens with two attached hydrogens (primary N) is 1. The van der Waals surface area contributed by atoms with Crippen LogP contribution in [0.1, 0.15) is 33.5 Å². The number of carbonyl (C=O) groups is 1. The Morgan fingerprint density at radius 3 is 2.59 bits per heavy atom. The second-order valence-electron chi connectivity index (χ2n) is 7.60. The van der Waals surface area contributed by atoms with Gasteiger partial charge in [0.15, 0.2) is 0 Å². The lowest BCUT2D eigenvalue weighted by molar-refractivity contribution is -0.120. The van der Waals surface area contributed by atoms with E-state index in [1.165, 1.54) is 22.9 Å². The molecule has 1 aromatic carbocycles. The van der Waals surface area contributed by atoms with Crippen LogP contribution in [0.25, 0.3) is 0 Å². The fourth-order valence-corrected chi connectivity index (χ4v) is 3.62. The van der Waals surface area contributed by atoms with E-state index in [0.717, 1.165) is 16.8 Å². The maximum absolute atomic E-state index is 13.9. The highest BCUT2D eigenvalue weighted by molar-refractivity contribution is 6.30. The number of amides is 1. The third-order valence-corrected chi connectivity index (χ3v) is 5.48. The van der Waals surface area contributed by atoms with Crippen molar-refractivity contribution in [1.29, 1.82) is 0 Å². The Morgan fingerprint density at radius 2 is 1.88 bits per heavy atom. The van der Waals surface area contributed by atoms with Crippen LogP contribution < -0.4 is 22.0 Å². The van der Waals surface area contributed by atoms with E-state index in [4.69, 9.17) is 17.3 Å². The molecule has 0 saturated heterocycles. The molecule has 3 rings (SSSR count). The predicted molar refractivity (Wildman–Crippen MR) is 124 cm³/mol. The molecule has 0 aliphatic carbocycles. The predicted octanol–water partition coefficient (Wildman–Crippen LogP) is 3.15. The van der Waals surface area contributed by atoms with E-state index in [0.29, 0.717) is 27.5 Å². The molecule has 3 aromatic rings. The van der Waals surface area contributed by atoms with Gasteiger partial charge >= 0.3 is 0 Å². The lowest BCUT2D eigenvalue weighted by atomic mass is 10.1. The highest BCUT2D eigenvalue weighted by atomic mass is 35.5. The zero-order valence-corrected chi connectivity index (χ0v) is 18.9. The molecule has 0 radical (unpaired) electrons. The maximum Gasteiger partial charge on any atom is 0.272 e. The van der Waals surface area contributed by atoms with Gasteiger partial charge in [-0.1, -0.05) is 11.6 Å². The monoisotopic (exact) mass is 457 g/mol. The number of hydrogen-bond donors (Lipinski definition) is 3. The van der Waals surface area contributed by atoms with Gasteiger partial charge in [-0.25, -0.2) is 14.1 Å². The van der Waals surface area contributed by atoms with Crippen molar-refractivity contribution >= 4 is 23.3 Å². The molecular weight excluding hydrogens is 433 g/mol. The van der Waals surface area contributed by atoms with Crippen molar-refractivity contribution in [3.63, 3.8) is 0 Å². The topological polar surface area (TPSA) is 102 Å². The van der Waals surface area contributed by atoms with Crippen molar-refractivity contribution in [2.24, 2.45) is 0 Å². The zero-order chi connectivity index (χ0) is 23.4. The number of benzene rings is 1. The SMILES string of the molecule is Cc1cc(N)nc(C)c1CNC(=O)Cc1c(C)ccn(NCc2cc(Cl)ccc2F)c1=O. The first-order valence-corrected chi connectivity index (χ1v) is 10.4. The van der Waals surface area contributed by atoms with Gasteiger partial charge in [0.1, 0.15) is 11.6 Å². The van der Waals surface area contributed by atoms with Crippen molar-refractivity contribution in [3.8, 4) is 0 Å². The molecule has 0 aliphatic heterocycles. The van der Waals surface area contributed by atoms with Crippen LogP contribution in [0.4, 0.5) is 10.2 Å². The van der Waals surface area contributed by atoms with Crippen molar-refractivity contribution < 1.29 is 9.18 Å². The molecular formula is C23H25ClFN5O2. The smallest absolute Gasteiger partial charge is 0.272 e. The van der Waals surface area contributed by atoms with Gasteiger partial charge in [0, 0.05) is 34.6 Å². The molecule has 0 spiro atoms. The normalized spacial score (nSPS) is 10.8. The van der Waals surface area contributed by atoms with Crippen molar-refractivity contribution in [3.05, 3.63) is 91.2 Å². The van der Waals surface area contributed by atoms with Crippen LogP contribution in [0, 0.1) is 26.6 Å². The summed E-state index contributed by atoms with van der Waals surface area (Å²) in [6, 6.07) is 7.70. The minimum absolute atomic E-state index is 0.0592. The molecule has 4 N–H and O–H groups in total. The van der Waals surface area contributed by atoms with Crippen LogP contribution in [0.2, 0.25) is 5.02 Å². The summed E-state index contributed by atoms with van der Waals surface area (Å²) in [7, 11) is 0. The number of pyridine rings is 2. The Bertz CT molecular complexity index is 1200. The van der Waals surface area contributed by atoms with Gasteiger partial charge < -0.3 is 16.5 Å². The van der Waals surface area contributed by atoms with Crippen LogP contribution in [-0.2, 0) is 24.3 Å². The third-order valence-electron chi connectivity index (χ3n) is 5.25. The van der Waals surface area contributed by atoms with Crippen molar-refractivity contribution in [2.75, 3.05) is 11.2 Å². The standard InChI is InChI=1S/C23H25ClFN5O2/c1-13-6-7-30(28-11-16-9-17(24)4-5-20(16)25)23(32)18(13)10-22(31)27-12-19-14(2)8-21(26)29-15(19)3/h4-9,28H,10-12H2,1-3H3,(H2,26,29)(H,27,31). The van der Waals surface area contributed by atoms with Gasteiger partial charge in [0.05, 0.1) is 13.0 Å². The van der Waals surface area contributed by atoms with Gasteiger partial charge in [0.25, 0.3) is 5.56 Å². The fourth-order valence-electron chi connectivity index (χ4n) is 3.42. The van der Waals surface area contributed by atoms with E-state index in [9.17, 15) is 14.0 Å². The molecule has 0 unspecified atom stereocenters. The number of halogens is 2. The number of rotatable bonds is 7. The highest BCUT2D eigenvalue weighted by Crippen LogP contribution is 2.16. The molecule has 2 aromatic heterocycles. The average Bonchev–Trinajstić information content (AvgIpc) is 2.72. The summed E-state index contributed by atoms with van der Waals surface area (Å²) in [6.45, 7) is 5.85. The minimum atomic E-state index is -0.426. The lowest BCUT2D eigenvalue weighted by Crippen LogP contribution is -2.34. The summed E-state index contributed by atoms with van der Waals surface area (Å²) in [4.78, 5) is 29.7. The Hall–Kier alpha value is -3.39. The summed E-state index contributed by atoms with van der Waals surface area (Å²) in [5.41, 5.74) is 12.2. The molecule has 7 nitrogen and oxygen atoms in total. The van der Waals surface area contributed by atoms with Gasteiger partial charge in [-0.05, 0) is 67.8 Å². The van der Waals surface area contributed by atoms with E-state index in [1.807, 2.05) is 13.8 Å². The Labute approximate surface area is 190 Å². The number of aryl methyl sites for hydroxylation is 3. The Morgan fingerprint density at radius 1 is 1.12 bits per heavy atom. The van der Waals surface area contributed by atoms with E-state index in [2.05, 4.69) is 15.7 Å². The van der Waals surface area contributed by atoms with Crippen LogP contribution in [0.5, 0.6) is 0 Å². The van der Waals surface area contributed by atoms with E-state index in [1.54, 1.807) is 25.3 Å². The summed E-state index contributed by atoms with van der Waals surface area (Å²) < 4.78 is 15.2. The number of nitrogen functional groups attached to an aromatic ring is 1. The first-order chi connectivity index (χ1) is 15.2. The molecule has 0 bridgehead atoms. The zero-order valence-electron chi connectivity index (χ0n) is 18.1. The largest absolute Gasteiger partial charge is 0.384 e. The molecule has 9 heteroatoms. The minimum Gasteiger partial charge on any atom is -0.384 e. The van der Waals surface area contributed by atoms with Crippen LogP contribution in [0.3, 0.4) is 0 Å². The molecule has 168 valence electrons. The molecule has 0 saturated carbocycles. The first kappa shape index (κ1) is 23.3. The van der Waals surface area contributed by atoms with Crippen LogP contribution >= 0.6 is 11.6 Å². The van der Waals surface area contributed by atoms with Crippen LogP contribution in [0.15, 0.2) is 41.3 Å². The second kappa shape index (κ2) is 9.82. The Kier molecular flexibility index (Phi) is 7.15. The summed E-state index contributed by atoms with van der Waals surface area (Å²) >= 11 is 5.92. The number of carbonyl (C=O) groups excluding carboxylic acids is 1. The maximum atomic E-state index is 13.9. The van der Waals surface area contributed by atoms with E-state index >= 15 is 0 Å². The number of nitrogens with one attached hydrogen (secondary N) is 2. The molecule has 0 atom stereocenters.